The summed E-state index contributed by atoms with van der Waals surface area (Å²) in [6.07, 6.45) is 0. The third kappa shape index (κ3) is 3.44. The van der Waals surface area contributed by atoms with Crippen LogP contribution in [0.4, 0.5) is 11.4 Å². The minimum atomic E-state index is -3.99. The number of nitro benzene ring substituents is 1. The summed E-state index contributed by atoms with van der Waals surface area (Å²) in [7, 11) is -2.65. The smallest absolute Gasteiger partial charge is 0.312 e. The van der Waals surface area contributed by atoms with Crippen molar-refractivity contribution in [1.29, 1.82) is 0 Å². The second kappa shape index (κ2) is 6.64. The zero-order valence-corrected chi connectivity index (χ0v) is 12.1. The average Bonchev–Trinajstić information content (AvgIpc) is 2.38. The lowest BCUT2D eigenvalue weighted by atomic mass is 10.3. The number of rotatable bonds is 7. The predicted molar refractivity (Wildman–Crippen MR) is 73.8 cm³/mol. The van der Waals surface area contributed by atoms with Gasteiger partial charge in [0.15, 0.2) is 4.90 Å². The van der Waals surface area contributed by atoms with Gasteiger partial charge in [-0.3, -0.25) is 10.1 Å². The fourth-order valence-corrected chi connectivity index (χ4v) is 2.91. The Morgan fingerprint density at radius 2 is 2.10 bits per heavy atom. The lowest BCUT2D eigenvalue weighted by Crippen LogP contribution is -2.31. The van der Waals surface area contributed by atoms with Gasteiger partial charge in [-0.15, -0.1) is 0 Å². The predicted octanol–water partition coefficient (Wildman–Crippen LogP) is 0.834. The quantitative estimate of drug-likeness (QED) is 0.345. The molecule has 1 aromatic carbocycles. The molecule has 2 N–H and O–H groups in total. The van der Waals surface area contributed by atoms with Crippen LogP contribution in [0.3, 0.4) is 0 Å². The summed E-state index contributed by atoms with van der Waals surface area (Å²) in [5.41, 5.74) is 4.70. The van der Waals surface area contributed by atoms with Crippen LogP contribution in [0.5, 0.6) is 0 Å². The minimum Gasteiger partial charge on any atom is -0.393 e. The van der Waals surface area contributed by atoms with Crippen LogP contribution in [0.1, 0.15) is 6.92 Å². The Hall–Kier alpha value is -1.71. The minimum absolute atomic E-state index is 0.0993. The Kier molecular flexibility index (Phi) is 5.43. The monoisotopic (exact) mass is 303 g/mol. The van der Waals surface area contributed by atoms with E-state index >= 15 is 0 Å². The maximum atomic E-state index is 12.3. The molecule has 8 nitrogen and oxygen atoms in total. The first-order valence-corrected chi connectivity index (χ1v) is 7.33. The number of para-hydroxylation sites is 1. The molecule has 0 spiro atoms. The number of nitrogens with two attached hydrogens (primary N) is 1. The molecule has 1 rings (SSSR count). The molecule has 0 unspecified atom stereocenters. The summed E-state index contributed by atoms with van der Waals surface area (Å²) >= 11 is 0. The molecule has 0 bridgehead atoms. The van der Waals surface area contributed by atoms with Gasteiger partial charge in [0.2, 0.25) is 10.0 Å². The van der Waals surface area contributed by atoms with Gasteiger partial charge in [-0.25, -0.2) is 8.42 Å². The summed E-state index contributed by atoms with van der Waals surface area (Å²) in [5, 5.41) is 11.0. The first kappa shape index (κ1) is 16.3. The number of hydrogen-bond acceptors (Lipinski definition) is 6. The summed E-state index contributed by atoms with van der Waals surface area (Å²) in [4.78, 5) is 9.78. The summed E-state index contributed by atoms with van der Waals surface area (Å²) in [6, 6.07) is 3.82. The first-order chi connectivity index (χ1) is 9.32. The van der Waals surface area contributed by atoms with Gasteiger partial charge in [0, 0.05) is 20.2 Å². The zero-order valence-electron chi connectivity index (χ0n) is 11.3. The number of benzene rings is 1. The molecule has 0 aliphatic carbocycles. The molecule has 0 atom stereocenters. The van der Waals surface area contributed by atoms with Crippen LogP contribution in [0.2, 0.25) is 0 Å². The van der Waals surface area contributed by atoms with E-state index in [1.165, 1.54) is 25.2 Å². The molecule has 20 heavy (non-hydrogen) atoms. The van der Waals surface area contributed by atoms with E-state index in [1.54, 1.807) is 6.92 Å². The molecule has 1 aromatic rings. The molecule has 112 valence electrons. The lowest BCUT2D eigenvalue weighted by Gasteiger charge is -2.17. The van der Waals surface area contributed by atoms with Gasteiger partial charge in [0.1, 0.15) is 5.69 Å². The van der Waals surface area contributed by atoms with Crippen molar-refractivity contribution in [2.24, 2.45) is 0 Å². The third-order valence-electron chi connectivity index (χ3n) is 2.66. The largest absolute Gasteiger partial charge is 0.393 e. The third-order valence-corrected chi connectivity index (χ3v) is 4.54. The number of likely N-dealkylation sites (N-methyl/N-ethyl adjacent to an activating group) is 1. The highest BCUT2D eigenvalue weighted by molar-refractivity contribution is 7.89. The molecule has 0 aromatic heterocycles. The van der Waals surface area contributed by atoms with Crippen molar-refractivity contribution in [1.82, 2.24) is 4.31 Å². The van der Waals surface area contributed by atoms with E-state index < -0.39 is 25.5 Å². The van der Waals surface area contributed by atoms with Crippen LogP contribution in [-0.2, 0) is 14.8 Å². The number of nitrogen functional groups attached to an aromatic ring is 1. The Morgan fingerprint density at radius 1 is 1.45 bits per heavy atom. The Labute approximate surface area is 117 Å². The number of anilines is 1. The van der Waals surface area contributed by atoms with E-state index in [0.717, 1.165) is 4.31 Å². The molecule has 9 heteroatoms. The molecule has 0 fully saturated rings. The van der Waals surface area contributed by atoms with Crippen LogP contribution in [0.25, 0.3) is 0 Å². The van der Waals surface area contributed by atoms with Gasteiger partial charge in [0.25, 0.3) is 0 Å². The number of sulfonamides is 1. The van der Waals surface area contributed by atoms with Gasteiger partial charge < -0.3 is 10.5 Å². The topological polar surface area (TPSA) is 116 Å². The van der Waals surface area contributed by atoms with Gasteiger partial charge in [-0.1, -0.05) is 6.07 Å². The highest BCUT2D eigenvalue weighted by atomic mass is 32.2. The molecule has 0 saturated heterocycles. The Morgan fingerprint density at radius 3 is 2.65 bits per heavy atom. The molecule has 0 amide bonds. The lowest BCUT2D eigenvalue weighted by molar-refractivity contribution is -0.386. The SMILES string of the molecule is CCOCCN(C)S(=O)(=O)c1cccc(N)c1[N+](=O)[O-]. The van der Waals surface area contributed by atoms with E-state index in [-0.39, 0.29) is 18.8 Å². The van der Waals surface area contributed by atoms with E-state index in [4.69, 9.17) is 10.5 Å². The van der Waals surface area contributed by atoms with Crippen LogP contribution in [0, 0.1) is 10.1 Å². The van der Waals surface area contributed by atoms with Gasteiger partial charge >= 0.3 is 5.69 Å². The average molecular weight is 303 g/mol. The molecule has 0 aliphatic rings. The summed E-state index contributed by atoms with van der Waals surface area (Å²) < 4.78 is 30.7. The molecular weight excluding hydrogens is 286 g/mol. The standard InChI is InChI=1S/C11H17N3O5S/c1-3-19-8-7-13(2)20(17,18)10-6-4-5-9(12)11(10)14(15)16/h4-6H,3,7-8,12H2,1-2H3. The number of nitrogens with zero attached hydrogens (tertiary/aromatic N) is 2. The van der Waals surface area contributed by atoms with Crippen LogP contribution < -0.4 is 5.73 Å². The van der Waals surface area contributed by atoms with Crippen molar-refractivity contribution in [2.45, 2.75) is 11.8 Å². The maximum Gasteiger partial charge on any atom is 0.312 e. The Balaban J connectivity index is 3.16. The van der Waals surface area contributed by atoms with E-state index in [1.807, 2.05) is 0 Å². The van der Waals surface area contributed by atoms with Gasteiger partial charge in [-0.05, 0) is 19.1 Å². The van der Waals surface area contributed by atoms with Crippen molar-refractivity contribution >= 4 is 21.4 Å². The molecule has 0 aliphatic heterocycles. The molecule has 0 radical (unpaired) electrons. The number of ether oxygens (including phenoxy) is 1. The van der Waals surface area contributed by atoms with Gasteiger partial charge in [0.05, 0.1) is 11.5 Å². The van der Waals surface area contributed by atoms with Crippen LogP contribution in [-0.4, -0.2) is 44.5 Å². The van der Waals surface area contributed by atoms with E-state index in [2.05, 4.69) is 0 Å². The first-order valence-electron chi connectivity index (χ1n) is 5.89. The van der Waals surface area contributed by atoms with Crippen LogP contribution >= 0.6 is 0 Å². The molecule has 0 saturated carbocycles. The van der Waals surface area contributed by atoms with Crippen molar-refractivity contribution < 1.29 is 18.1 Å². The summed E-state index contributed by atoms with van der Waals surface area (Å²) in [6.45, 7) is 2.56. The normalized spacial score (nSPS) is 11.8. The second-order valence-corrected chi connectivity index (χ2v) is 5.99. The van der Waals surface area contributed by atoms with Crippen LogP contribution in [0.15, 0.2) is 23.1 Å². The summed E-state index contributed by atoms with van der Waals surface area (Å²) in [5.74, 6) is 0. The fraction of sp³-hybridized carbons (Fsp3) is 0.455. The zero-order chi connectivity index (χ0) is 15.3. The molecule has 0 heterocycles. The van der Waals surface area contributed by atoms with E-state index in [0.29, 0.717) is 6.61 Å². The van der Waals surface area contributed by atoms with Crippen molar-refractivity contribution in [3.05, 3.63) is 28.3 Å². The number of nitro groups is 1. The highest BCUT2D eigenvalue weighted by Crippen LogP contribution is 2.31. The van der Waals surface area contributed by atoms with Crippen molar-refractivity contribution in [3.8, 4) is 0 Å². The van der Waals surface area contributed by atoms with Crippen molar-refractivity contribution in [3.63, 3.8) is 0 Å². The second-order valence-electron chi connectivity index (χ2n) is 3.97. The molecular formula is C11H17N3O5S. The van der Waals surface area contributed by atoms with Crippen molar-refractivity contribution in [2.75, 3.05) is 32.5 Å². The van der Waals surface area contributed by atoms with E-state index in [9.17, 15) is 18.5 Å². The maximum absolute atomic E-state index is 12.3. The fourth-order valence-electron chi connectivity index (χ4n) is 1.57. The van der Waals surface area contributed by atoms with Gasteiger partial charge in [-0.2, -0.15) is 4.31 Å². The highest BCUT2D eigenvalue weighted by Gasteiger charge is 2.31. The number of hydrogen-bond donors (Lipinski definition) is 1. The Bertz CT molecular complexity index is 588.